The Labute approximate surface area is 99.9 Å². The first-order valence-corrected chi connectivity index (χ1v) is 6.09. The number of hydrogen-bond donors (Lipinski definition) is 0. The summed E-state index contributed by atoms with van der Waals surface area (Å²) in [6.07, 6.45) is 9.01. The van der Waals surface area contributed by atoms with E-state index < -0.39 is 0 Å². The molecular weight excluding hydrogens is 196 g/mol. The van der Waals surface area contributed by atoms with E-state index in [0.29, 0.717) is 6.10 Å². The minimum atomic E-state index is 0.136. The Morgan fingerprint density at radius 2 is 2.00 bits per heavy atom. The summed E-state index contributed by atoms with van der Waals surface area (Å²) in [7, 11) is 0. The number of hydrogen-bond acceptors (Lipinski definition) is 1. The molecule has 0 N–H and O–H groups in total. The number of rotatable bonds is 7. The molecule has 0 spiro atoms. The molecular formula is C15H24O. The maximum atomic E-state index is 5.56. The molecule has 1 heteroatoms. The lowest BCUT2D eigenvalue weighted by Gasteiger charge is -2.01. The highest BCUT2D eigenvalue weighted by Crippen LogP contribution is 2.38. The molecule has 0 aromatic heterocycles. The van der Waals surface area contributed by atoms with Crippen molar-refractivity contribution in [1.82, 2.24) is 0 Å². The molecule has 90 valence electrons. The largest absolute Gasteiger partial charge is 0.367 e. The summed E-state index contributed by atoms with van der Waals surface area (Å²) in [4.78, 5) is 0. The SMILES string of the molecule is C=CC(=C)CCC=C(C)CCC1OC1(C)C. The van der Waals surface area contributed by atoms with Crippen molar-refractivity contribution in [2.24, 2.45) is 0 Å². The van der Waals surface area contributed by atoms with Gasteiger partial charge >= 0.3 is 0 Å². The molecule has 0 aliphatic carbocycles. The van der Waals surface area contributed by atoms with E-state index in [1.807, 2.05) is 6.08 Å². The van der Waals surface area contributed by atoms with Gasteiger partial charge in [0.05, 0.1) is 11.7 Å². The maximum absolute atomic E-state index is 5.56. The molecule has 1 aliphatic heterocycles. The molecule has 0 bridgehead atoms. The van der Waals surface area contributed by atoms with Crippen LogP contribution in [0.1, 0.15) is 46.5 Å². The van der Waals surface area contributed by atoms with Gasteiger partial charge in [0.1, 0.15) is 0 Å². The summed E-state index contributed by atoms with van der Waals surface area (Å²) in [5.74, 6) is 0. The van der Waals surface area contributed by atoms with Crippen molar-refractivity contribution in [3.63, 3.8) is 0 Å². The fraction of sp³-hybridized carbons (Fsp3) is 0.600. The molecule has 1 heterocycles. The standard InChI is InChI=1S/C15H24O/c1-6-12(2)8-7-9-13(3)10-11-14-15(4,5)16-14/h6,9,14H,1-2,7-8,10-11H2,3-5H3. The molecule has 1 fully saturated rings. The summed E-state index contributed by atoms with van der Waals surface area (Å²) in [6, 6.07) is 0. The molecule has 0 amide bonds. The van der Waals surface area contributed by atoms with Crippen LogP contribution in [-0.2, 0) is 4.74 Å². The second kappa shape index (κ2) is 5.49. The van der Waals surface area contributed by atoms with Gasteiger partial charge in [0.2, 0.25) is 0 Å². The fourth-order valence-corrected chi connectivity index (χ4v) is 1.81. The van der Waals surface area contributed by atoms with Gasteiger partial charge in [0, 0.05) is 0 Å². The predicted octanol–water partition coefficient (Wildman–Crippen LogP) is 4.41. The third-order valence-corrected chi connectivity index (χ3v) is 3.21. The molecule has 0 aromatic carbocycles. The average molecular weight is 220 g/mol. The van der Waals surface area contributed by atoms with Crippen molar-refractivity contribution in [1.29, 1.82) is 0 Å². The molecule has 0 radical (unpaired) electrons. The normalized spacial score (nSPS) is 22.9. The molecule has 1 atom stereocenters. The first kappa shape index (κ1) is 13.2. The van der Waals surface area contributed by atoms with Crippen LogP contribution >= 0.6 is 0 Å². The van der Waals surface area contributed by atoms with Gasteiger partial charge < -0.3 is 4.74 Å². The van der Waals surface area contributed by atoms with Crippen molar-refractivity contribution < 1.29 is 4.74 Å². The zero-order chi connectivity index (χ0) is 12.2. The van der Waals surface area contributed by atoms with E-state index in [1.54, 1.807) is 0 Å². The molecule has 1 aliphatic rings. The summed E-state index contributed by atoms with van der Waals surface area (Å²) < 4.78 is 5.56. The van der Waals surface area contributed by atoms with Crippen LogP contribution in [0.3, 0.4) is 0 Å². The maximum Gasteiger partial charge on any atom is 0.0892 e. The molecule has 0 aromatic rings. The van der Waals surface area contributed by atoms with Gasteiger partial charge in [-0.15, -0.1) is 0 Å². The van der Waals surface area contributed by atoms with E-state index in [-0.39, 0.29) is 5.60 Å². The lowest BCUT2D eigenvalue weighted by molar-refractivity contribution is 0.320. The van der Waals surface area contributed by atoms with Crippen LogP contribution in [0.2, 0.25) is 0 Å². The second-order valence-electron chi connectivity index (χ2n) is 5.20. The Morgan fingerprint density at radius 3 is 2.50 bits per heavy atom. The summed E-state index contributed by atoms with van der Waals surface area (Å²) in [6.45, 7) is 14.1. The Kier molecular flexibility index (Phi) is 4.55. The van der Waals surface area contributed by atoms with E-state index in [4.69, 9.17) is 4.74 Å². The van der Waals surface area contributed by atoms with Gasteiger partial charge in [-0.2, -0.15) is 0 Å². The fourth-order valence-electron chi connectivity index (χ4n) is 1.81. The van der Waals surface area contributed by atoms with Crippen LogP contribution in [0.4, 0.5) is 0 Å². The smallest absolute Gasteiger partial charge is 0.0892 e. The van der Waals surface area contributed by atoms with Crippen molar-refractivity contribution in [2.45, 2.75) is 58.2 Å². The third-order valence-electron chi connectivity index (χ3n) is 3.21. The number of allylic oxidation sites excluding steroid dienone is 4. The summed E-state index contributed by atoms with van der Waals surface area (Å²) in [5.41, 5.74) is 2.72. The third kappa shape index (κ3) is 4.36. The first-order chi connectivity index (χ1) is 7.45. The number of ether oxygens (including phenoxy) is 1. The van der Waals surface area contributed by atoms with Crippen molar-refractivity contribution in [3.05, 3.63) is 36.5 Å². The first-order valence-electron chi connectivity index (χ1n) is 6.09. The minimum Gasteiger partial charge on any atom is -0.367 e. The lowest BCUT2D eigenvalue weighted by atomic mass is 10.0. The van der Waals surface area contributed by atoms with Gasteiger partial charge in [-0.1, -0.05) is 36.5 Å². The minimum absolute atomic E-state index is 0.136. The molecule has 1 nitrogen and oxygen atoms in total. The topological polar surface area (TPSA) is 12.5 Å². The molecule has 0 saturated carbocycles. The Hall–Kier alpha value is -0.820. The van der Waals surface area contributed by atoms with Gasteiger partial charge in [0.25, 0.3) is 0 Å². The molecule has 16 heavy (non-hydrogen) atoms. The Bertz CT molecular complexity index is 297. The number of epoxide rings is 1. The quantitative estimate of drug-likeness (QED) is 0.351. The lowest BCUT2D eigenvalue weighted by Crippen LogP contribution is -2.02. The molecule has 1 rings (SSSR count). The monoisotopic (exact) mass is 220 g/mol. The van der Waals surface area contributed by atoms with Gasteiger partial charge in [-0.05, 0) is 46.5 Å². The molecule has 1 unspecified atom stereocenters. The van der Waals surface area contributed by atoms with E-state index in [9.17, 15) is 0 Å². The van der Waals surface area contributed by atoms with Crippen LogP contribution in [-0.4, -0.2) is 11.7 Å². The van der Waals surface area contributed by atoms with E-state index in [0.717, 1.165) is 31.3 Å². The highest BCUT2D eigenvalue weighted by Gasteiger charge is 2.46. The van der Waals surface area contributed by atoms with Crippen molar-refractivity contribution in [2.75, 3.05) is 0 Å². The van der Waals surface area contributed by atoms with Gasteiger partial charge in [-0.3, -0.25) is 0 Å². The van der Waals surface area contributed by atoms with Crippen LogP contribution in [0.5, 0.6) is 0 Å². The van der Waals surface area contributed by atoms with E-state index in [2.05, 4.69) is 40.0 Å². The zero-order valence-corrected chi connectivity index (χ0v) is 10.9. The zero-order valence-electron chi connectivity index (χ0n) is 10.9. The summed E-state index contributed by atoms with van der Waals surface area (Å²) in [5, 5.41) is 0. The van der Waals surface area contributed by atoms with Crippen molar-refractivity contribution in [3.8, 4) is 0 Å². The Balaban J connectivity index is 2.14. The van der Waals surface area contributed by atoms with E-state index in [1.165, 1.54) is 5.57 Å². The van der Waals surface area contributed by atoms with Crippen molar-refractivity contribution >= 4 is 0 Å². The predicted molar refractivity (Wildman–Crippen MR) is 70.5 cm³/mol. The average Bonchev–Trinajstić information content (AvgIpc) is 2.83. The highest BCUT2D eigenvalue weighted by atomic mass is 16.6. The summed E-state index contributed by atoms with van der Waals surface area (Å²) >= 11 is 0. The van der Waals surface area contributed by atoms with Gasteiger partial charge in [0.15, 0.2) is 0 Å². The highest BCUT2D eigenvalue weighted by molar-refractivity contribution is 5.12. The second-order valence-corrected chi connectivity index (χ2v) is 5.20. The van der Waals surface area contributed by atoms with Crippen LogP contribution < -0.4 is 0 Å². The van der Waals surface area contributed by atoms with Crippen LogP contribution in [0.15, 0.2) is 36.5 Å². The van der Waals surface area contributed by atoms with Crippen LogP contribution in [0, 0.1) is 0 Å². The Morgan fingerprint density at radius 1 is 1.38 bits per heavy atom. The van der Waals surface area contributed by atoms with Gasteiger partial charge in [-0.25, -0.2) is 0 Å². The van der Waals surface area contributed by atoms with E-state index >= 15 is 0 Å². The molecule has 1 saturated heterocycles. The van der Waals surface area contributed by atoms with Crippen LogP contribution in [0.25, 0.3) is 0 Å².